The molecule has 0 saturated carbocycles. The minimum absolute atomic E-state index is 0.000714. The van der Waals surface area contributed by atoms with E-state index < -0.39 is 173 Å². The molecule has 5 N–H and O–H groups in total. The maximum absolute atomic E-state index is 15.0. The average Bonchev–Trinajstić information content (AvgIpc) is 0.740. The molecule has 148 heavy (non-hydrogen) atoms. The van der Waals surface area contributed by atoms with Gasteiger partial charge in [0.15, 0.2) is 63.4 Å². The van der Waals surface area contributed by atoms with E-state index in [1.807, 2.05) is 16.7 Å². The van der Waals surface area contributed by atoms with Gasteiger partial charge in [0.2, 0.25) is 16.8 Å². The minimum Gasteiger partial charge on any atom is -0.493 e. The van der Waals surface area contributed by atoms with E-state index in [9.17, 15) is 93.5 Å². The Hall–Kier alpha value is -13.8. The van der Waals surface area contributed by atoms with Crippen LogP contribution in [0.3, 0.4) is 0 Å². The number of aliphatic hydroxyl groups excluding tert-OH is 1. The van der Waals surface area contributed by atoms with Gasteiger partial charge in [0.05, 0.1) is 74.7 Å². The predicted molar refractivity (Wildman–Crippen MR) is 522 cm³/mol. The van der Waals surface area contributed by atoms with E-state index in [0.717, 1.165) is 24.3 Å². The molecule has 14 rings (SSSR count). The van der Waals surface area contributed by atoms with Crippen LogP contribution in [0, 0.1) is 17.5 Å². The topological polar surface area (TPSA) is 331 Å². The largest absolute Gasteiger partial charge is 0.493 e. The minimum atomic E-state index is -5.27. The number of alkyl halides is 9. The summed E-state index contributed by atoms with van der Waals surface area (Å²) in [5.41, 5.74) is -11.6. The highest BCUT2D eigenvalue weighted by Crippen LogP contribution is 2.52. The smallest absolute Gasteiger partial charge is 0.422 e. The van der Waals surface area contributed by atoms with Crippen LogP contribution in [0.25, 0.3) is 33.8 Å². The highest BCUT2D eigenvalue weighted by atomic mass is 19.4. The molecule has 8 aromatic carbocycles. The quantitative estimate of drug-likeness (QED) is 0.0135. The van der Waals surface area contributed by atoms with Gasteiger partial charge in [0, 0.05) is 107 Å². The number of carbonyl (C=O) groups excluding carboxylic acids is 7. The van der Waals surface area contributed by atoms with Crippen LogP contribution in [0.1, 0.15) is 205 Å². The Kier molecular flexibility index (Phi) is 36.3. The molecule has 11 aromatic rings. The zero-order valence-corrected chi connectivity index (χ0v) is 83.0. The molecule has 37 heteroatoms. The fourth-order valence-corrected chi connectivity index (χ4v) is 17.1. The second-order valence-corrected chi connectivity index (χ2v) is 37.2. The van der Waals surface area contributed by atoms with Crippen molar-refractivity contribution in [2.24, 2.45) is 0 Å². The van der Waals surface area contributed by atoms with Gasteiger partial charge in [-0.3, -0.25) is 43.4 Å². The number of benzene rings is 8. The molecule has 0 bridgehead atoms. The van der Waals surface area contributed by atoms with Crippen LogP contribution in [-0.2, 0) is 52.5 Å². The summed E-state index contributed by atoms with van der Waals surface area (Å²) >= 11 is 0. The number of pyridine rings is 3. The molecule has 786 valence electrons. The number of hydrogen-bond donors (Lipinski definition) is 5. The standard InChI is InChI=1S/C41H42F4N2O7.C38H38F4N2O6.C32H34F4N2O6/c1-5-38(50)54-26(2)25-53-35-16-13-29(21-36(35)52-4)33(48)17-18-40(51,41(43,44)45)37-23-30(22-32(46-37)27-11-14-31(42)15-12-27)39(3)19-20-47(39)24-34(49)28-9-7-6-8-10-28;1-24(45)23-50-33-14-11-27(19-34(33)49-3)31(46)15-16-37(48,38(40,41)42)35-21-28(20-30(43-35)25-9-12-29(39)13-10-25)36(2)17-18-44(36)22-32(47)26-7-5-4-6-8-26;1-19(44-20(2)39)18-43-27-10-7-22(15-28(27)42-4)26(40)11-12-31(41,32(34,35)36)29-17-23(30(3)13-14-37-30)16-25(38-29)21-5-8-24(33)9-6-21/h6-16,21-23,26,51H,5,17-20,24-25H2,1-4H3;4-14,19-21,24,45,48H,15-18,22-23H2,1-3H3;5-10,15-17,19,37,41H,11-14,18H2,1-4H3/t26-,39?,40?;24-,36?,37?;19-,30?,31?/m111/s1. The number of carbonyl (C=O) groups is 7. The van der Waals surface area contributed by atoms with Crippen LogP contribution < -0.4 is 33.7 Å². The molecule has 0 radical (unpaired) electrons. The van der Waals surface area contributed by atoms with Crippen LogP contribution in [-0.4, -0.2) is 197 Å². The molecular formula is C111H114F12N6O19. The van der Waals surface area contributed by atoms with E-state index in [1.165, 1.54) is 157 Å². The number of esters is 2. The number of Topliss-reactive ketones (excluding diaryl/α,β-unsaturated/α-hetero) is 5. The molecule has 0 aliphatic carbocycles. The summed E-state index contributed by atoms with van der Waals surface area (Å²) in [6.45, 7) is 14.8. The third kappa shape index (κ3) is 26.8. The zero-order chi connectivity index (χ0) is 108. The van der Waals surface area contributed by atoms with Crippen LogP contribution in [0.15, 0.2) is 224 Å². The molecule has 3 aliphatic rings. The molecular weight excluding hydrogens is 1950 g/mol. The second-order valence-electron chi connectivity index (χ2n) is 37.2. The monoisotopic (exact) mass is 2060 g/mol. The van der Waals surface area contributed by atoms with Crippen molar-refractivity contribution in [3.8, 4) is 68.3 Å². The molecule has 3 aromatic heterocycles. The summed E-state index contributed by atoms with van der Waals surface area (Å²) in [5.74, 6) is -3.79. The van der Waals surface area contributed by atoms with E-state index in [4.69, 9.17) is 37.9 Å². The van der Waals surface area contributed by atoms with Crippen molar-refractivity contribution in [1.29, 1.82) is 0 Å². The van der Waals surface area contributed by atoms with Crippen molar-refractivity contribution in [3.05, 3.63) is 303 Å². The van der Waals surface area contributed by atoms with Gasteiger partial charge in [-0.1, -0.05) is 67.6 Å². The lowest BCUT2D eigenvalue weighted by Gasteiger charge is -2.51. The first-order valence-electron chi connectivity index (χ1n) is 47.6. The molecule has 9 atom stereocenters. The molecule has 3 aliphatic heterocycles. The van der Waals surface area contributed by atoms with Crippen molar-refractivity contribution < 1.29 is 145 Å². The van der Waals surface area contributed by atoms with E-state index in [-0.39, 0.29) is 119 Å². The third-order valence-corrected chi connectivity index (χ3v) is 26.6. The first kappa shape index (κ1) is 113. The Morgan fingerprint density at radius 3 is 0.986 bits per heavy atom. The summed E-state index contributed by atoms with van der Waals surface area (Å²) in [6.07, 6.45) is -21.0. The Morgan fingerprint density at radius 1 is 0.399 bits per heavy atom. The SMILES string of the molecule is CCC(=O)O[C@H](C)COc1ccc(C(=O)CCC(O)(c2cc(C3(C)CCN3CC(=O)c3ccccc3)cc(-c3ccc(F)cc3)n2)C(F)(F)F)cc1OC.COc1cc(C(=O)CCC(O)(c2cc(C3(C)CCN3)cc(-c3ccc(F)cc3)n2)C(F)(F)F)ccc1OC[C@@H](C)OC(C)=O.COc1cc(C(=O)CCC(O)(c2cc(C3(C)CCN3CC(=O)c3ccccc3)cc(-c3ccc(F)cc3)n2)C(F)(F)F)ccc1OC[C@@H](C)O. The lowest BCUT2D eigenvalue weighted by Crippen LogP contribution is -2.57. The van der Waals surface area contributed by atoms with Crippen molar-refractivity contribution in [2.45, 2.75) is 190 Å². The number of nitrogens with zero attached hydrogens (tertiary/aromatic N) is 5. The summed E-state index contributed by atoms with van der Waals surface area (Å²) in [4.78, 5) is 105. The number of aromatic nitrogens is 3. The summed E-state index contributed by atoms with van der Waals surface area (Å²) in [5, 5.41) is 47.0. The molecule has 6 unspecified atom stereocenters. The van der Waals surface area contributed by atoms with Crippen molar-refractivity contribution in [3.63, 3.8) is 0 Å². The number of nitrogens with one attached hydrogen (secondary N) is 1. The average molecular weight is 2060 g/mol. The second kappa shape index (κ2) is 47.6. The number of ketones is 5. The van der Waals surface area contributed by atoms with Crippen molar-refractivity contribution in [1.82, 2.24) is 30.1 Å². The van der Waals surface area contributed by atoms with E-state index in [0.29, 0.717) is 83.4 Å². The van der Waals surface area contributed by atoms with E-state index >= 15 is 13.2 Å². The van der Waals surface area contributed by atoms with Crippen LogP contribution in [0.2, 0.25) is 0 Å². The molecule has 0 amide bonds. The van der Waals surface area contributed by atoms with Crippen LogP contribution in [0.4, 0.5) is 52.7 Å². The Bertz CT molecular complexity index is 6540. The van der Waals surface area contributed by atoms with E-state index in [1.54, 1.807) is 113 Å². The number of rotatable bonds is 42. The van der Waals surface area contributed by atoms with Gasteiger partial charge in [-0.25, -0.2) is 28.1 Å². The Morgan fingerprint density at radius 2 is 0.709 bits per heavy atom. The first-order valence-corrected chi connectivity index (χ1v) is 47.6. The number of halogens is 12. The summed E-state index contributed by atoms with van der Waals surface area (Å²) in [7, 11) is 4.00. The van der Waals surface area contributed by atoms with Gasteiger partial charge in [-0.05, 0) is 267 Å². The number of likely N-dealkylation sites (tertiary alicyclic amines) is 2. The van der Waals surface area contributed by atoms with Gasteiger partial charge in [-0.2, -0.15) is 39.5 Å². The van der Waals surface area contributed by atoms with Crippen molar-refractivity contribution >= 4 is 40.9 Å². The molecule has 3 fully saturated rings. The fraction of sp³-hybridized carbons (Fsp3) is 0.369. The van der Waals surface area contributed by atoms with Crippen molar-refractivity contribution in [2.75, 3.05) is 73.9 Å². The first-order chi connectivity index (χ1) is 69.9. The maximum Gasteiger partial charge on any atom is 0.422 e. The Balaban J connectivity index is 0.000000198. The normalized spacial score (nSPS) is 18.0. The molecule has 25 nitrogen and oxygen atoms in total. The Labute approximate surface area is 846 Å². The maximum atomic E-state index is 15.0. The van der Waals surface area contributed by atoms with Gasteiger partial charge < -0.3 is 63.6 Å². The lowest BCUT2D eigenvalue weighted by molar-refractivity contribution is -0.270. The molecule has 0 spiro atoms. The number of hydrogen-bond acceptors (Lipinski definition) is 25. The van der Waals surface area contributed by atoms with Crippen LogP contribution >= 0.6 is 0 Å². The summed E-state index contributed by atoms with van der Waals surface area (Å²) < 4.78 is 218. The molecule has 6 heterocycles. The highest BCUT2D eigenvalue weighted by molar-refractivity contribution is 6.00. The molecule has 3 saturated heterocycles. The zero-order valence-electron chi connectivity index (χ0n) is 83.0. The van der Waals surface area contributed by atoms with Gasteiger partial charge in [0.1, 0.15) is 49.5 Å². The number of aliphatic hydroxyl groups is 4. The van der Waals surface area contributed by atoms with Gasteiger partial charge in [0.25, 0.3) is 0 Å². The summed E-state index contributed by atoms with van der Waals surface area (Å²) in [6, 6.07) is 53.3. The number of ether oxygens (including phenoxy) is 8. The predicted octanol–water partition coefficient (Wildman–Crippen LogP) is 20.6. The number of methoxy groups -OCH3 is 3. The highest BCUT2D eigenvalue weighted by Gasteiger charge is 2.60. The van der Waals surface area contributed by atoms with Gasteiger partial charge in [-0.15, -0.1) is 0 Å². The van der Waals surface area contributed by atoms with E-state index in [2.05, 4.69) is 20.3 Å². The lowest BCUT2D eigenvalue weighted by atomic mass is 9.77. The fourth-order valence-electron chi connectivity index (χ4n) is 17.1. The van der Waals surface area contributed by atoms with Gasteiger partial charge >= 0.3 is 30.5 Å². The van der Waals surface area contributed by atoms with Crippen LogP contribution in [0.5, 0.6) is 34.5 Å². The third-order valence-electron chi connectivity index (χ3n) is 26.6.